The summed E-state index contributed by atoms with van der Waals surface area (Å²) in [7, 11) is -3.68. The average Bonchev–Trinajstić information content (AvgIpc) is 2.43. The van der Waals surface area contributed by atoms with Gasteiger partial charge in [0, 0.05) is 18.7 Å². The Hall–Kier alpha value is -1.89. The largest absolute Gasteiger partial charge is 0.507 e. The highest BCUT2D eigenvalue weighted by Crippen LogP contribution is 2.21. The molecule has 0 fully saturated rings. The minimum absolute atomic E-state index is 0.0974. The number of primary sulfonamides is 1. The first-order chi connectivity index (χ1) is 9.88. The fourth-order valence-corrected chi connectivity index (χ4v) is 2.62. The van der Waals surface area contributed by atoms with E-state index in [9.17, 15) is 13.5 Å². The van der Waals surface area contributed by atoms with E-state index in [2.05, 4.69) is 5.32 Å². The Morgan fingerprint density at radius 2 is 1.86 bits per heavy atom. The van der Waals surface area contributed by atoms with E-state index in [0.29, 0.717) is 13.1 Å². The number of phenolic OH excluding ortho intramolecular Hbond substituents is 1. The molecule has 21 heavy (non-hydrogen) atoms. The number of rotatable bonds is 5. The molecule has 0 atom stereocenters. The van der Waals surface area contributed by atoms with E-state index in [4.69, 9.17) is 5.14 Å². The van der Waals surface area contributed by atoms with Crippen LogP contribution in [0.15, 0.2) is 47.4 Å². The van der Waals surface area contributed by atoms with Gasteiger partial charge in [0.2, 0.25) is 10.0 Å². The van der Waals surface area contributed by atoms with Crippen molar-refractivity contribution in [1.29, 1.82) is 0 Å². The van der Waals surface area contributed by atoms with Crippen molar-refractivity contribution in [2.45, 2.75) is 24.9 Å². The van der Waals surface area contributed by atoms with Crippen molar-refractivity contribution in [2.75, 3.05) is 0 Å². The monoisotopic (exact) mass is 306 g/mol. The summed E-state index contributed by atoms with van der Waals surface area (Å²) in [6.07, 6.45) is 0. The third-order valence-electron chi connectivity index (χ3n) is 3.19. The Morgan fingerprint density at radius 1 is 1.14 bits per heavy atom. The van der Waals surface area contributed by atoms with Crippen LogP contribution in [0, 0.1) is 6.92 Å². The molecule has 0 aliphatic carbocycles. The van der Waals surface area contributed by atoms with Gasteiger partial charge in [-0.15, -0.1) is 0 Å². The normalized spacial score (nSPS) is 11.5. The van der Waals surface area contributed by atoms with Gasteiger partial charge in [0.25, 0.3) is 0 Å². The Kier molecular flexibility index (Phi) is 4.62. The molecule has 5 nitrogen and oxygen atoms in total. The van der Waals surface area contributed by atoms with Crippen LogP contribution in [0.2, 0.25) is 0 Å². The van der Waals surface area contributed by atoms with Crippen LogP contribution in [-0.2, 0) is 23.1 Å². The highest BCUT2D eigenvalue weighted by Gasteiger charge is 2.08. The lowest BCUT2D eigenvalue weighted by molar-refractivity contribution is 0.460. The van der Waals surface area contributed by atoms with Crippen molar-refractivity contribution >= 4 is 10.0 Å². The van der Waals surface area contributed by atoms with Crippen LogP contribution in [0.5, 0.6) is 5.75 Å². The molecule has 2 aromatic carbocycles. The number of benzene rings is 2. The van der Waals surface area contributed by atoms with Crippen LogP contribution >= 0.6 is 0 Å². The average molecular weight is 306 g/mol. The maximum absolute atomic E-state index is 11.3. The van der Waals surface area contributed by atoms with Crippen molar-refractivity contribution in [3.63, 3.8) is 0 Å². The first-order valence-corrected chi connectivity index (χ1v) is 8.02. The smallest absolute Gasteiger partial charge is 0.238 e. The van der Waals surface area contributed by atoms with Crippen LogP contribution in [-0.4, -0.2) is 13.5 Å². The lowest BCUT2D eigenvalue weighted by Gasteiger charge is -2.09. The van der Waals surface area contributed by atoms with Crippen LogP contribution in [0.25, 0.3) is 0 Å². The van der Waals surface area contributed by atoms with Gasteiger partial charge in [-0.1, -0.05) is 30.3 Å². The number of sulfonamides is 1. The van der Waals surface area contributed by atoms with Gasteiger partial charge in [0.05, 0.1) is 4.90 Å². The third kappa shape index (κ3) is 4.04. The molecule has 0 unspecified atom stereocenters. The first kappa shape index (κ1) is 15.5. The van der Waals surface area contributed by atoms with E-state index in [1.54, 1.807) is 12.1 Å². The van der Waals surface area contributed by atoms with Crippen molar-refractivity contribution in [1.82, 2.24) is 5.32 Å². The number of aryl methyl sites for hydroxylation is 1. The lowest BCUT2D eigenvalue weighted by Crippen LogP contribution is -2.15. The minimum atomic E-state index is -3.68. The lowest BCUT2D eigenvalue weighted by atomic mass is 10.1. The summed E-state index contributed by atoms with van der Waals surface area (Å²) in [5.74, 6) is 0.281. The molecule has 6 heteroatoms. The zero-order valence-electron chi connectivity index (χ0n) is 11.7. The van der Waals surface area contributed by atoms with Crippen molar-refractivity contribution in [2.24, 2.45) is 5.14 Å². The number of phenols is 1. The van der Waals surface area contributed by atoms with E-state index >= 15 is 0 Å². The molecular formula is C15H18N2O3S. The van der Waals surface area contributed by atoms with Crippen LogP contribution in [0.3, 0.4) is 0 Å². The van der Waals surface area contributed by atoms with Crippen molar-refractivity contribution in [3.05, 3.63) is 59.2 Å². The van der Waals surface area contributed by atoms with Crippen LogP contribution in [0.4, 0.5) is 0 Å². The predicted octanol–water partition coefficient (Wildman–Crippen LogP) is 1.64. The first-order valence-electron chi connectivity index (χ1n) is 6.48. The molecule has 0 spiro atoms. The molecule has 0 saturated heterocycles. The second kappa shape index (κ2) is 6.26. The highest BCUT2D eigenvalue weighted by molar-refractivity contribution is 7.89. The summed E-state index contributed by atoms with van der Waals surface area (Å²) in [5, 5.41) is 18.2. The van der Waals surface area contributed by atoms with E-state index in [1.807, 2.05) is 31.2 Å². The van der Waals surface area contributed by atoms with Gasteiger partial charge in [-0.3, -0.25) is 0 Å². The zero-order chi connectivity index (χ0) is 15.5. The van der Waals surface area contributed by atoms with E-state index in [0.717, 1.165) is 16.7 Å². The van der Waals surface area contributed by atoms with Gasteiger partial charge < -0.3 is 10.4 Å². The van der Waals surface area contributed by atoms with Crippen molar-refractivity contribution in [3.8, 4) is 5.75 Å². The van der Waals surface area contributed by atoms with E-state index in [1.165, 1.54) is 6.07 Å². The summed E-state index contributed by atoms with van der Waals surface area (Å²) in [5.41, 5.74) is 2.44. The highest BCUT2D eigenvalue weighted by atomic mass is 32.2. The summed E-state index contributed by atoms with van der Waals surface area (Å²) in [4.78, 5) is 0.0974. The summed E-state index contributed by atoms with van der Waals surface area (Å²) < 4.78 is 22.6. The second-order valence-electron chi connectivity index (χ2n) is 4.88. The molecule has 112 valence electrons. The number of para-hydroxylation sites is 1. The summed E-state index contributed by atoms with van der Waals surface area (Å²) in [6, 6.07) is 12.0. The molecule has 0 aromatic heterocycles. The fourth-order valence-electron chi connectivity index (χ4n) is 2.04. The SMILES string of the molecule is Cc1cccc(CNCc2cccc(S(N)(=O)=O)c2)c1O. The molecule has 2 rings (SSSR count). The van der Waals surface area contributed by atoms with Gasteiger partial charge >= 0.3 is 0 Å². The molecule has 4 N–H and O–H groups in total. The minimum Gasteiger partial charge on any atom is -0.507 e. The maximum atomic E-state index is 11.3. The molecule has 0 radical (unpaired) electrons. The topological polar surface area (TPSA) is 92.4 Å². The molecular weight excluding hydrogens is 288 g/mol. The van der Waals surface area contributed by atoms with Gasteiger partial charge in [0.15, 0.2) is 0 Å². The maximum Gasteiger partial charge on any atom is 0.238 e. The van der Waals surface area contributed by atoms with Gasteiger partial charge in [-0.05, 0) is 30.2 Å². The predicted molar refractivity (Wildman–Crippen MR) is 81.2 cm³/mol. The van der Waals surface area contributed by atoms with E-state index < -0.39 is 10.0 Å². The Balaban J connectivity index is 2.03. The molecule has 0 saturated carbocycles. The zero-order valence-corrected chi connectivity index (χ0v) is 12.5. The van der Waals surface area contributed by atoms with Crippen LogP contribution < -0.4 is 10.5 Å². The molecule has 0 bridgehead atoms. The number of hydrogen-bond acceptors (Lipinski definition) is 4. The van der Waals surface area contributed by atoms with Gasteiger partial charge in [0.1, 0.15) is 5.75 Å². The quantitative estimate of drug-likeness (QED) is 0.783. The molecule has 0 heterocycles. The van der Waals surface area contributed by atoms with Crippen molar-refractivity contribution < 1.29 is 13.5 Å². The summed E-state index contributed by atoms with van der Waals surface area (Å²) >= 11 is 0. The third-order valence-corrected chi connectivity index (χ3v) is 4.10. The number of nitrogens with one attached hydrogen (secondary N) is 1. The Bertz CT molecular complexity index is 742. The Morgan fingerprint density at radius 3 is 2.57 bits per heavy atom. The van der Waals surface area contributed by atoms with E-state index in [-0.39, 0.29) is 10.6 Å². The van der Waals surface area contributed by atoms with Gasteiger partial charge in [-0.2, -0.15) is 0 Å². The fraction of sp³-hybridized carbons (Fsp3) is 0.200. The molecule has 0 aliphatic rings. The number of aromatic hydroxyl groups is 1. The number of hydrogen-bond donors (Lipinski definition) is 3. The Labute approximate surface area is 124 Å². The molecule has 2 aromatic rings. The van der Waals surface area contributed by atoms with Crippen LogP contribution in [0.1, 0.15) is 16.7 Å². The van der Waals surface area contributed by atoms with Gasteiger partial charge in [-0.25, -0.2) is 13.6 Å². The second-order valence-corrected chi connectivity index (χ2v) is 6.44. The standard InChI is InChI=1S/C15H18N2O3S/c1-11-4-2-6-13(15(11)18)10-17-9-12-5-3-7-14(8-12)21(16,19)20/h2-8,17-18H,9-10H2,1H3,(H2,16,19,20). The molecule has 0 aliphatic heterocycles. The number of nitrogens with two attached hydrogens (primary N) is 1. The molecule has 0 amide bonds. The summed E-state index contributed by atoms with van der Waals surface area (Å²) in [6.45, 7) is 2.82.